The lowest BCUT2D eigenvalue weighted by Gasteiger charge is -2.34. The van der Waals surface area contributed by atoms with Gasteiger partial charge in [-0.15, -0.1) is 11.3 Å². The summed E-state index contributed by atoms with van der Waals surface area (Å²) in [4.78, 5) is 22.8. The standard InChI is InChI=1S/C24H26N4O2S/c1-4-20(27(3)5-2)22(28-12-11-25-15-28)16-9-10-19-21(14-16)31-23(26-19)17-7-6-8-18(13-17)24(29)30/h6-15,20,22H,4-5H2,1-3H3,(H,29,30). The van der Waals surface area contributed by atoms with Crippen LogP contribution in [0.3, 0.4) is 0 Å². The van der Waals surface area contributed by atoms with Crippen molar-refractivity contribution in [2.75, 3.05) is 13.6 Å². The van der Waals surface area contributed by atoms with Crippen molar-refractivity contribution < 1.29 is 9.90 Å². The van der Waals surface area contributed by atoms with Crippen LogP contribution in [-0.2, 0) is 0 Å². The van der Waals surface area contributed by atoms with Crippen molar-refractivity contribution in [1.82, 2.24) is 19.4 Å². The number of nitrogens with zero attached hydrogens (tertiary/aromatic N) is 4. The van der Waals surface area contributed by atoms with Gasteiger partial charge in [-0.25, -0.2) is 14.8 Å². The van der Waals surface area contributed by atoms with E-state index >= 15 is 0 Å². The van der Waals surface area contributed by atoms with E-state index in [-0.39, 0.29) is 11.6 Å². The molecule has 0 saturated carbocycles. The number of thiazole rings is 1. The summed E-state index contributed by atoms with van der Waals surface area (Å²) in [6.07, 6.45) is 6.75. The fourth-order valence-electron chi connectivity index (χ4n) is 4.07. The number of rotatable bonds is 8. The molecule has 0 aliphatic heterocycles. The van der Waals surface area contributed by atoms with E-state index in [1.165, 1.54) is 5.56 Å². The van der Waals surface area contributed by atoms with Crippen molar-refractivity contribution in [3.63, 3.8) is 0 Å². The molecule has 2 aromatic heterocycles. The van der Waals surface area contributed by atoms with Crippen LogP contribution in [0.1, 0.15) is 42.2 Å². The number of carbonyl (C=O) groups is 1. The Bertz CT molecular complexity index is 1190. The Morgan fingerprint density at radius 1 is 1.23 bits per heavy atom. The third-order valence-electron chi connectivity index (χ3n) is 5.80. The van der Waals surface area contributed by atoms with Crippen molar-refractivity contribution in [3.05, 3.63) is 72.3 Å². The number of aromatic nitrogens is 3. The average Bonchev–Trinajstić information content (AvgIpc) is 3.46. The molecule has 0 saturated heterocycles. The predicted molar refractivity (Wildman–Crippen MR) is 125 cm³/mol. The first-order chi connectivity index (χ1) is 15.0. The molecule has 31 heavy (non-hydrogen) atoms. The average molecular weight is 435 g/mol. The molecule has 160 valence electrons. The highest BCUT2D eigenvalue weighted by molar-refractivity contribution is 7.21. The molecule has 0 radical (unpaired) electrons. The van der Waals surface area contributed by atoms with Crippen LogP contribution < -0.4 is 0 Å². The van der Waals surface area contributed by atoms with E-state index in [0.29, 0.717) is 6.04 Å². The van der Waals surface area contributed by atoms with E-state index in [9.17, 15) is 9.90 Å². The molecule has 0 bridgehead atoms. The van der Waals surface area contributed by atoms with E-state index in [1.807, 2.05) is 24.8 Å². The second-order valence-corrected chi connectivity index (χ2v) is 8.67. The monoisotopic (exact) mass is 434 g/mol. The topological polar surface area (TPSA) is 71.2 Å². The van der Waals surface area contributed by atoms with Crippen LogP contribution in [0.2, 0.25) is 0 Å². The molecule has 7 heteroatoms. The van der Waals surface area contributed by atoms with Gasteiger partial charge in [0.25, 0.3) is 0 Å². The lowest BCUT2D eigenvalue weighted by molar-refractivity contribution is 0.0697. The SMILES string of the molecule is CCC(C(c1ccc2nc(-c3cccc(C(=O)O)c3)sc2c1)n1ccnc1)N(C)CC. The van der Waals surface area contributed by atoms with Gasteiger partial charge in [-0.3, -0.25) is 0 Å². The Labute approximate surface area is 185 Å². The number of hydrogen-bond acceptors (Lipinski definition) is 5. The van der Waals surface area contributed by atoms with Crippen LogP contribution in [-0.4, -0.2) is 50.1 Å². The quantitative estimate of drug-likeness (QED) is 0.414. The lowest BCUT2D eigenvalue weighted by atomic mass is 9.95. The summed E-state index contributed by atoms with van der Waals surface area (Å²) in [5, 5.41) is 10.1. The molecular weight excluding hydrogens is 408 g/mol. The van der Waals surface area contributed by atoms with Gasteiger partial charge in [-0.1, -0.05) is 32.0 Å². The highest BCUT2D eigenvalue weighted by Crippen LogP contribution is 2.34. The summed E-state index contributed by atoms with van der Waals surface area (Å²) in [7, 11) is 2.16. The number of carboxylic acid groups (broad SMARTS) is 1. The Morgan fingerprint density at radius 2 is 2.06 bits per heavy atom. The number of fused-ring (bicyclic) bond motifs is 1. The third kappa shape index (κ3) is 4.24. The maximum Gasteiger partial charge on any atom is 0.335 e. The van der Waals surface area contributed by atoms with Gasteiger partial charge in [0.15, 0.2) is 0 Å². The summed E-state index contributed by atoms with van der Waals surface area (Å²) in [6, 6.07) is 13.8. The molecule has 6 nitrogen and oxygen atoms in total. The minimum absolute atomic E-state index is 0.141. The summed E-state index contributed by atoms with van der Waals surface area (Å²) in [6.45, 7) is 5.37. The maximum absolute atomic E-state index is 11.3. The van der Waals surface area contributed by atoms with E-state index in [4.69, 9.17) is 4.98 Å². The zero-order valence-electron chi connectivity index (χ0n) is 17.9. The van der Waals surface area contributed by atoms with Crippen molar-refractivity contribution in [2.45, 2.75) is 32.4 Å². The molecule has 2 atom stereocenters. The summed E-state index contributed by atoms with van der Waals surface area (Å²) in [5.41, 5.74) is 3.23. The molecule has 2 unspecified atom stereocenters. The molecule has 2 aromatic carbocycles. The van der Waals surface area contributed by atoms with Gasteiger partial charge in [0.1, 0.15) is 5.01 Å². The highest BCUT2D eigenvalue weighted by Gasteiger charge is 2.26. The van der Waals surface area contributed by atoms with Crippen molar-refractivity contribution in [1.29, 1.82) is 0 Å². The van der Waals surface area contributed by atoms with Crippen LogP contribution in [0.4, 0.5) is 0 Å². The molecule has 2 heterocycles. The Kier molecular flexibility index (Phi) is 6.15. The lowest BCUT2D eigenvalue weighted by Crippen LogP contribution is -2.39. The minimum atomic E-state index is -0.931. The Balaban J connectivity index is 1.77. The van der Waals surface area contributed by atoms with Crippen LogP contribution in [0.15, 0.2) is 61.2 Å². The molecule has 1 N–H and O–H groups in total. The first-order valence-corrected chi connectivity index (χ1v) is 11.2. The number of hydrogen-bond donors (Lipinski definition) is 1. The number of likely N-dealkylation sites (N-methyl/N-ethyl adjacent to an activating group) is 1. The van der Waals surface area contributed by atoms with Crippen molar-refractivity contribution in [3.8, 4) is 10.6 Å². The maximum atomic E-state index is 11.3. The third-order valence-corrected chi connectivity index (χ3v) is 6.87. The zero-order valence-corrected chi connectivity index (χ0v) is 18.7. The summed E-state index contributed by atoms with van der Waals surface area (Å²) >= 11 is 1.59. The van der Waals surface area contributed by atoms with Crippen LogP contribution in [0, 0.1) is 0 Å². The largest absolute Gasteiger partial charge is 0.478 e. The number of benzene rings is 2. The van der Waals surface area contributed by atoms with Crippen LogP contribution in [0.5, 0.6) is 0 Å². The van der Waals surface area contributed by atoms with Crippen molar-refractivity contribution in [2.24, 2.45) is 0 Å². The fourth-order valence-corrected chi connectivity index (χ4v) is 5.08. The summed E-state index contributed by atoms with van der Waals surface area (Å²) < 4.78 is 3.27. The fraction of sp³-hybridized carbons (Fsp3) is 0.292. The van der Waals surface area contributed by atoms with Crippen molar-refractivity contribution >= 4 is 27.5 Å². The van der Waals surface area contributed by atoms with E-state index in [2.05, 4.69) is 53.5 Å². The molecule has 0 fully saturated rings. The number of aromatic carboxylic acids is 1. The second kappa shape index (κ2) is 8.99. The van der Waals surface area contributed by atoms with Gasteiger partial charge >= 0.3 is 5.97 Å². The first kappa shape index (κ1) is 21.2. The molecule has 0 aliphatic rings. The number of carboxylic acids is 1. The number of imidazole rings is 1. The molecular formula is C24H26N4O2S. The Morgan fingerprint density at radius 3 is 2.74 bits per heavy atom. The van der Waals surface area contributed by atoms with Gasteiger partial charge in [0, 0.05) is 24.0 Å². The van der Waals surface area contributed by atoms with Gasteiger partial charge in [-0.2, -0.15) is 0 Å². The second-order valence-electron chi connectivity index (χ2n) is 7.64. The smallest absolute Gasteiger partial charge is 0.335 e. The van der Waals surface area contributed by atoms with Gasteiger partial charge in [-0.05, 0) is 49.8 Å². The van der Waals surface area contributed by atoms with E-state index in [1.54, 1.807) is 29.5 Å². The molecule has 0 spiro atoms. The molecule has 4 aromatic rings. The van der Waals surface area contributed by atoms with Crippen LogP contribution in [0.25, 0.3) is 20.8 Å². The summed E-state index contributed by atoms with van der Waals surface area (Å²) in [5.74, 6) is -0.931. The Hall–Kier alpha value is -3.03. The van der Waals surface area contributed by atoms with Gasteiger partial charge in [0.2, 0.25) is 0 Å². The first-order valence-electron chi connectivity index (χ1n) is 10.4. The zero-order chi connectivity index (χ0) is 22.0. The van der Waals surface area contributed by atoms with E-state index in [0.717, 1.165) is 33.8 Å². The van der Waals surface area contributed by atoms with Crippen LogP contribution >= 0.6 is 11.3 Å². The normalized spacial score (nSPS) is 13.5. The van der Waals surface area contributed by atoms with Gasteiger partial charge < -0.3 is 14.6 Å². The molecule has 4 rings (SSSR count). The van der Waals surface area contributed by atoms with E-state index < -0.39 is 5.97 Å². The minimum Gasteiger partial charge on any atom is -0.478 e. The predicted octanol–water partition coefficient (Wildman–Crippen LogP) is 5.18. The molecule has 0 aliphatic carbocycles. The van der Waals surface area contributed by atoms with Gasteiger partial charge in [0.05, 0.1) is 28.1 Å². The highest BCUT2D eigenvalue weighted by atomic mass is 32.1. The molecule has 0 amide bonds.